The van der Waals surface area contributed by atoms with Crippen LogP contribution in [0.15, 0.2) is 24.5 Å². The number of hydrogen-bond donors (Lipinski definition) is 0. The maximum atomic E-state index is 4.27. The van der Waals surface area contributed by atoms with E-state index in [1.165, 1.54) is 48.8 Å². The van der Waals surface area contributed by atoms with E-state index in [-0.39, 0.29) is 0 Å². The number of unbranched alkanes of at least 4 members (excludes halogenated alkanes) is 1. The summed E-state index contributed by atoms with van der Waals surface area (Å²) in [6.45, 7) is 4.93. The Hall–Kier alpha value is -0.890. The highest BCUT2D eigenvalue weighted by Crippen LogP contribution is 2.37. The molecular weight excluding hydrogens is 196 g/mol. The van der Waals surface area contributed by atoms with Gasteiger partial charge in [-0.3, -0.25) is 4.98 Å². The lowest BCUT2D eigenvalue weighted by Gasteiger charge is -2.36. The quantitative estimate of drug-likeness (QED) is 0.709. The van der Waals surface area contributed by atoms with Crippen LogP contribution in [0.3, 0.4) is 0 Å². The van der Waals surface area contributed by atoms with Gasteiger partial charge in [0.2, 0.25) is 0 Å². The first-order chi connectivity index (χ1) is 7.76. The van der Waals surface area contributed by atoms with E-state index < -0.39 is 0 Å². The van der Waals surface area contributed by atoms with Crippen molar-refractivity contribution in [3.05, 3.63) is 30.1 Å². The fourth-order valence-corrected chi connectivity index (χ4v) is 3.00. The second-order valence-corrected chi connectivity index (χ2v) is 5.22. The number of quaternary nitrogens is 1. The summed E-state index contributed by atoms with van der Waals surface area (Å²) in [4.78, 5) is 4.27. The van der Waals surface area contributed by atoms with Crippen molar-refractivity contribution in [1.82, 2.24) is 4.98 Å². The lowest BCUT2D eigenvalue weighted by molar-refractivity contribution is -0.927. The molecule has 0 radical (unpaired) electrons. The smallest absolute Gasteiger partial charge is 0.116 e. The number of pyridine rings is 1. The van der Waals surface area contributed by atoms with Crippen molar-refractivity contribution in [2.24, 2.45) is 0 Å². The number of aromatic nitrogens is 1. The molecule has 2 heterocycles. The summed E-state index contributed by atoms with van der Waals surface area (Å²) < 4.78 is 1.22. The largest absolute Gasteiger partial charge is 0.320 e. The Morgan fingerprint density at radius 2 is 2.38 bits per heavy atom. The second-order valence-electron chi connectivity index (χ2n) is 5.22. The van der Waals surface area contributed by atoms with Crippen molar-refractivity contribution in [2.45, 2.75) is 38.6 Å². The average Bonchev–Trinajstić information content (AvgIpc) is 2.70. The molecule has 0 N–H and O–H groups in total. The van der Waals surface area contributed by atoms with Crippen LogP contribution >= 0.6 is 0 Å². The van der Waals surface area contributed by atoms with Gasteiger partial charge < -0.3 is 4.48 Å². The minimum absolute atomic E-state index is 0.681. The van der Waals surface area contributed by atoms with Gasteiger partial charge in [-0.05, 0) is 12.5 Å². The van der Waals surface area contributed by atoms with Crippen molar-refractivity contribution in [1.29, 1.82) is 0 Å². The minimum atomic E-state index is 0.681. The van der Waals surface area contributed by atoms with Gasteiger partial charge in [-0.2, -0.15) is 0 Å². The molecule has 0 amide bonds. The Labute approximate surface area is 98.9 Å². The van der Waals surface area contributed by atoms with Gasteiger partial charge in [-0.1, -0.05) is 19.4 Å². The number of nitrogens with zero attached hydrogens (tertiary/aromatic N) is 2. The number of hydrogen-bond acceptors (Lipinski definition) is 1. The van der Waals surface area contributed by atoms with Gasteiger partial charge in [0.05, 0.1) is 20.1 Å². The first-order valence-corrected chi connectivity index (χ1v) is 6.50. The fraction of sp³-hybridized carbons (Fsp3) is 0.643. The molecule has 0 bridgehead atoms. The Morgan fingerprint density at radius 3 is 3.06 bits per heavy atom. The maximum Gasteiger partial charge on any atom is 0.116 e. The maximum absolute atomic E-state index is 4.27. The molecule has 2 nitrogen and oxygen atoms in total. The van der Waals surface area contributed by atoms with Crippen LogP contribution in [-0.4, -0.2) is 29.6 Å². The van der Waals surface area contributed by atoms with Crippen LogP contribution in [0, 0.1) is 0 Å². The van der Waals surface area contributed by atoms with Gasteiger partial charge >= 0.3 is 0 Å². The van der Waals surface area contributed by atoms with Gasteiger partial charge in [-0.15, -0.1) is 0 Å². The second kappa shape index (κ2) is 4.96. The number of rotatable bonds is 4. The molecule has 16 heavy (non-hydrogen) atoms. The molecule has 1 unspecified atom stereocenters. The highest BCUT2D eigenvalue weighted by Gasteiger charge is 2.38. The van der Waals surface area contributed by atoms with E-state index in [0.717, 1.165) is 0 Å². The third-order valence-corrected chi connectivity index (χ3v) is 3.99. The average molecular weight is 219 g/mol. The third-order valence-electron chi connectivity index (χ3n) is 3.99. The van der Waals surface area contributed by atoms with Crippen LogP contribution in [-0.2, 0) is 0 Å². The van der Waals surface area contributed by atoms with Gasteiger partial charge in [0.25, 0.3) is 0 Å². The molecular formula is C14H23N2+. The van der Waals surface area contributed by atoms with Gasteiger partial charge in [0.1, 0.15) is 6.04 Å². The van der Waals surface area contributed by atoms with E-state index in [1.807, 2.05) is 6.20 Å². The van der Waals surface area contributed by atoms with Gasteiger partial charge in [0, 0.05) is 30.8 Å². The van der Waals surface area contributed by atoms with E-state index in [4.69, 9.17) is 0 Å². The summed E-state index contributed by atoms with van der Waals surface area (Å²) in [5, 5.41) is 0. The summed E-state index contributed by atoms with van der Waals surface area (Å²) >= 11 is 0. The van der Waals surface area contributed by atoms with Crippen molar-refractivity contribution in [2.75, 3.05) is 20.1 Å². The standard InChI is InChI=1S/C14H23N2/c1-3-4-10-16(2)11-6-8-14(16)13-7-5-9-15-12-13/h5,7,9,12,14H,3-4,6,8,10-11H2,1-2H3/q+1/t14-,16?/m1/s1. The molecule has 1 saturated heterocycles. The van der Waals surface area contributed by atoms with Crippen LogP contribution in [0.1, 0.15) is 44.2 Å². The normalized spacial score (nSPS) is 29.5. The first-order valence-electron chi connectivity index (χ1n) is 6.50. The molecule has 0 aliphatic carbocycles. The summed E-state index contributed by atoms with van der Waals surface area (Å²) in [5.41, 5.74) is 1.43. The highest BCUT2D eigenvalue weighted by atomic mass is 15.4. The van der Waals surface area contributed by atoms with Crippen molar-refractivity contribution < 1.29 is 4.48 Å². The molecule has 2 atom stereocenters. The molecule has 88 valence electrons. The predicted molar refractivity (Wildman–Crippen MR) is 67.0 cm³/mol. The Bertz CT molecular complexity index is 323. The monoisotopic (exact) mass is 219 g/mol. The van der Waals surface area contributed by atoms with Crippen molar-refractivity contribution in [3.63, 3.8) is 0 Å². The SMILES string of the molecule is CCCC[N+]1(C)CCC[C@@H]1c1cccnc1. The molecule has 1 aliphatic heterocycles. The lowest BCUT2D eigenvalue weighted by Crippen LogP contribution is -2.43. The number of likely N-dealkylation sites (tertiary alicyclic amines) is 1. The molecule has 0 aromatic carbocycles. The summed E-state index contributed by atoms with van der Waals surface area (Å²) in [6, 6.07) is 4.99. The van der Waals surface area contributed by atoms with Crippen LogP contribution in [0.2, 0.25) is 0 Å². The lowest BCUT2D eigenvalue weighted by atomic mass is 10.1. The van der Waals surface area contributed by atoms with E-state index in [9.17, 15) is 0 Å². The molecule has 1 aliphatic rings. The Balaban J connectivity index is 2.14. The van der Waals surface area contributed by atoms with Crippen LogP contribution in [0.5, 0.6) is 0 Å². The zero-order valence-corrected chi connectivity index (χ0v) is 10.5. The first kappa shape index (κ1) is 11.6. The topological polar surface area (TPSA) is 12.9 Å². The summed E-state index contributed by atoms with van der Waals surface area (Å²) in [5.74, 6) is 0. The molecule has 2 rings (SSSR count). The summed E-state index contributed by atoms with van der Waals surface area (Å²) in [6.07, 6.45) is 9.25. The van der Waals surface area contributed by atoms with E-state index in [2.05, 4.69) is 37.3 Å². The zero-order chi connectivity index (χ0) is 11.4. The predicted octanol–water partition coefficient (Wildman–Crippen LogP) is 3.16. The molecule has 0 spiro atoms. The van der Waals surface area contributed by atoms with E-state index in [0.29, 0.717) is 6.04 Å². The van der Waals surface area contributed by atoms with Crippen molar-refractivity contribution in [3.8, 4) is 0 Å². The van der Waals surface area contributed by atoms with E-state index >= 15 is 0 Å². The molecule has 1 fully saturated rings. The molecule has 0 saturated carbocycles. The zero-order valence-electron chi connectivity index (χ0n) is 10.5. The summed E-state index contributed by atoms with van der Waals surface area (Å²) in [7, 11) is 2.42. The molecule has 1 aromatic heterocycles. The van der Waals surface area contributed by atoms with Gasteiger partial charge in [0.15, 0.2) is 0 Å². The van der Waals surface area contributed by atoms with E-state index in [1.54, 1.807) is 0 Å². The molecule has 1 aromatic rings. The Kier molecular flexibility index (Phi) is 3.59. The van der Waals surface area contributed by atoms with Crippen LogP contribution in [0.4, 0.5) is 0 Å². The van der Waals surface area contributed by atoms with Crippen LogP contribution in [0.25, 0.3) is 0 Å². The Morgan fingerprint density at radius 1 is 1.50 bits per heavy atom. The fourth-order valence-electron chi connectivity index (χ4n) is 3.00. The minimum Gasteiger partial charge on any atom is -0.320 e. The van der Waals surface area contributed by atoms with Gasteiger partial charge in [-0.25, -0.2) is 0 Å². The highest BCUT2D eigenvalue weighted by molar-refractivity contribution is 5.12. The third kappa shape index (κ3) is 2.27. The molecule has 2 heteroatoms. The van der Waals surface area contributed by atoms with Crippen LogP contribution < -0.4 is 0 Å². The van der Waals surface area contributed by atoms with Crippen molar-refractivity contribution >= 4 is 0 Å².